The van der Waals surface area contributed by atoms with E-state index < -0.39 is 10.0 Å². The van der Waals surface area contributed by atoms with Crippen LogP contribution in [0.5, 0.6) is 0 Å². The van der Waals surface area contributed by atoms with Crippen LogP contribution in [0.1, 0.15) is 19.4 Å². The fourth-order valence-electron chi connectivity index (χ4n) is 1.40. The van der Waals surface area contributed by atoms with E-state index in [0.717, 1.165) is 10.0 Å². The first-order chi connectivity index (χ1) is 8.30. The molecule has 0 fully saturated rings. The fourth-order valence-corrected chi connectivity index (χ4v) is 2.81. The summed E-state index contributed by atoms with van der Waals surface area (Å²) in [5.41, 5.74) is 1.52. The number of nitrogens with one attached hydrogen (secondary N) is 2. The van der Waals surface area contributed by atoms with Gasteiger partial charge in [0.15, 0.2) is 0 Å². The van der Waals surface area contributed by atoms with Crippen LogP contribution in [-0.2, 0) is 10.0 Å². The summed E-state index contributed by atoms with van der Waals surface area (Å²) in [5.74, 6) is 0.0666. The molecule has 18 heavy (non-hydrogen) atoms. The standard InChI is InChI=1S/C12H19BrN2O2S/c1-9(2)14-6-7-18(16,17)15-12-8-11(13)5-4-10(12)3/h4-5,8-9,14-15H,6-7H2,1-3H3. The molecule has 0 bridgehead atoms. The summed E-state index contributed by atoms with van der Waals surface area (Å²) in [5, 5.41) is 3.08. The Morgan fingerprint density at radius 3 is 2.61 bits per heavy atom. The molecular weight excluding hydrogens is 316 g/mol. The predicted molar refractivity (Wildman–Crippen MR) is 79.4 cm³/mol. The van der Waals surface area contributed by atoms with Gasteiger partial charge in [-0.1, -0.05) is 35.8 Å². The van der Waals surface area contributed by atoms with Gasteiger partial charge in [-0.25, -0.2) is 8.42 Å². The molecular formula is C12H19BrN2O2S. The van der Waals surface area contributed by atoms with Crippen LogP contribution in [0.15, 0.2) is 22.7 Å². The molecule has 1 aromatic rings. The average molecular weight is 335 g/mol. The van der Waals surface area contributed by atoms with Crippen molar-refractivity contribution in [2.45, 2.75) is 26.8 Å². The fraction of sp³-hybridized carbons (Fsp3) is 0.500. The Hall–Kier alpha value is -0.590. The van der Waals surface area contributed by atoms with Gasteiger partial charge in [0.2, 0.25) is 10.0 Å². The monoisotopic (exact) mass is 334 g/mol. The van der Waals surface area contributed by atoms with Gasteiger partial charge in [0.25, 0.3) is 0 Å². The van der Waals surface area contributed by atoms with Gasteiger partial charge in [-0.2, -0.15) is 0 Å². The second kappa shape index (κ2) is 6.54. The lowest BCUT2D eigenvalue weighted by Crippen LogP contribution is -2.31. The zero-order valence-corrected chi connectivity index (χ0v) is 13.2. The van der Waals surface area contributed by atoms with Gasteiger partial charge in [0.1, 0.15) is 0 Å². The number of aryl methyl sites for hydroxylation is 1. The molecule has 6 heteroatoms. The molecule has 0 aliphatic heterocycles. The highest BCUT2D eigenvalue weighted by molar-refractivity contribution is 9.10. The van der Waals surface area contributed by atoms with Crippen molar-refractivity contribution in [1.82, 2.24) is 5.32 Å². The Morgan fingerprint density at radius 2 is 2.00 bits per heavy atom. The number of anilines is 1. The van der Waals surface area contributed by atoms with Crippen LogP contribution in [0.3, 0.4) is 0 Å². The minimum atomic E-state index is -3.30. The lowest BCUT2D eigenvalue weighted by Gasteiger charge is -2.12. The molecule has 0 atom stereocenters. The molecule has 0 radical (unpaired) electrons. The van der Waals surface area contributed by atoms with Crippen LogP contribution >= 0.6 is 15.9 Å². The molecule has 0 aromatic heterocycles. The van der Waals surface area contributed by atoms with E-state index in [0.29, 0.717) is 12.2 Å². The van der Waals surface area contributed by atoms with E-state index in [-0.39, 0.29) is 11.8 Å². The highest BCUT2D eigenvalue weighted by atomic mass is 79.9. The summed E-state index contributed by atoms with van der Waals surface area (Å²) in [6.07, 6.45) is 0. The second-order valence-corrected chi connectivity index (χ2v) is 7.25. The van der Waals surface area contributed by atoms with Crippen LogP contribution in [0, 0.1) is 6.92 Å². The van der Waals surface area contributed by atoms with E-state index in [1.54, 1.807) is 6.07 Å². The van der Waals surface area contributed by atoms with Crippen LogP contribution < -0.4 is 10.0 Å². The Labute approximate surface area is 117 Å². The summed E-state index contributed by atoms with van der Waals surface area (Å²) in [7, 11) is -3.30. The van der Waals surface area contributed by atoms with Crippen molar-refractivity contribution in [1.29, 1.82) is 0 Å². The summed E-state index contributed by atoms with van der Waals surface area (Å²) in [6.45, 7) is 6.29. The summed E-state index contributed by atoms with van der Waals surface area (Å²) in [6, 6.07) is 5.80. The number of rotatable bonds is 6. The molecule has 0 aliphatic rings. The zero-order chi connectivity index (χ0) is 13.8. The minimum absolute atomic E-state index is 0.0666. The quantitative estimate of drug-likeness (QED) is 0.840. The molecule has 0 aliphatic carbocycles. The number of sulfonamides is 1. The zero-order valence-electron chi connectivity index (χ0n) is 10.8. The highest BCUT2D eigenvalue weighted by Crippen LogP contribution is 2.21. The highest BCUT2D eigenvalue weighted by Gasteiger charge is 2.12. The van der Waals surface area contributed by atoms with Gasteiger partial charge in [-0.05, 0) is 24.6 Å². The van der Waals surface area contributed by atoms with E-state index in [4.69, 9.17) is 0 Å². The van der Waals surface area contributed by atoms with Crippen molar-refractivity contribution in [3.8, 4) is 0 Å². The van der Waals surface area contributed by atoms with Gasteiger partial charge in [0.05, 0.1) is 11.4 Å². The number of hydrogen-bond acceptors (Lipinski definition) is 3. The van der Waals surface area contributed by atoms with E-state index in [2.05, 4.69) is 26.0 Å². The maximum atomic E-state index is 11.9. The van der Waals surface area contributed by atoms with Crippen LogP contribution in [0.25, 0.3) is 0 Å². The Kier molecular flexibility index (Phi) is 5.62. The third-order valence-electron chi connectivity index (χ3n) is 2.39. The van der Waals surface area contributed by atoms with Crippen molar-refractivity contribution in [3.63, 3.8) is 0 Å². The summed E-state index contributed by atoms with van der Waals surface area (Å²) < 4.78 is 27.2. The van der Waals surface area contributed by atoms with Crippen LogP contribution in [0.2, 0.25) is 0 Å². The van der Waals surface area contributed by atoms with E-state index in [9.17, 15) is 8.42 Å². The molecule has 4 nitrogen and oxygen atoms in total. The van der Waals surface area contributed by atoms with Gasteiger partial charge < -0.3 is 5.32 Å². The maximum Gasteiger partial charge on any atom is 0.233 e. The Bertz CT molecular complexity index is 501. The average Bonchev–Trinajstić information content (AvgIpc) is 2.22. The Morgan fingerprint density at radius 1 is 1.33 bits per heavy atom. The third kappa shape index (κ3) is 5.37. The molecule has 0 heterocycles. The third-order valence-corrected chi connectivity index (χ3v) is 4.15. The molecule has 0 unspecified atom stereocenters. The minimum Gasteiger partial charge on any atom is -0.313 e. The molecule has 0 spiro atoms. The maximum absolute atomic E-state index is 11.9. The number of halogens is 1. The smallest absolute Gasteiger partial charge is 0.233 e. The van der Waals surface area contributed by atoms with E-state index >= 15 is 0 Å². The van der Waals surface area contributed by atoms with Crippen LogP contribution in [0.4, 0.5) is 5.69 Å². The number of hydrogen-bond donors (Lipinski definition) is 2. The first-order valence-electron chi connectivity index (χ1n) is 5.80. The second-order valence-electron chi connectivity index (χ2n) is 4.49. The first kappa shape index (κ1) is 15.5. The van der Waals surface area contributed by atoms with Crippen molar-refractivity contribution in [2.75, 3.05) is 17.0 Å². The molecule has 0 saturated carbocycles. The molecule has 2 N–H and O–H groups in total. The largest absolute Gasteiger partial charge is 0.313 e. The molecule has 102 valence electrons. The first-order valence-corrected chi connectivity index (χ1v) is 8.25. The topological polar surface area (TPSA) is 58.2 Å². The van der Waals surface area contributed by atoms with Gasteiger partial charge in [-0.3, -0.25) is 4.72 Å². The van der Waals surface area contributed by atoms with Gasteiger partial charge in [0, 0.05) is 17.1 Å². The van der Waals surface area contributed by atoms with Gasteiger partial charge in [-0.15, -0.1) is 0 Å². The van der Waals surface area contributed by atoms with Crippen molar-refractivity contribution >= 4 is 31.6 Å². The number of benzene rings is 1. The molecule has 1 rings (SSSR count). The predicted octanol–water partition coefficient (Wildman–Crippen LogP) is 2.50. The molecule has 0 amide bonds. The van der Waals surface area contributed by atoms with Gasteiger partial charge >= 0.3 is 0 Å². The van der Waals surface area contributed by atoms with Crippen molar-refractivity contribution in [3.05, 3.63) is 28.2 Å². The normalized spacial score (nSPS) is 11.8. The molecule has 0 saturated heterocycles. The summed E-state index contributed by atoms with van der Waals surface area (Å²) >= 11 is 3.33. The van der Waals surface area contributed by atoms with Crippen molar-refractivity contribution in [2.24, 2.45) is 0 Å². The lowest BCUT2D eigenvalue weighted by atomic mass is 10.2. The van der Waals surface area contributed by atoms with E-state index in [1.165, 1.54) is 0 Å². The summed E-state index contributed by atoms with van der Waals surface area (Å²) in [4.78, 5) is 0. The SMILES string of the molecule is Cc1ccc(Br)cc1NS(=O)(=O)CCNC(C)C. The lowest BCUT2D eigenvalue weighted by molar-refractivity contribution is 0.582. The van der Waals surface area contributed by atoms with Crippen LogP contribution in [-0.4, -0.2) is 26.8 Å². The van der Waals surface area contributed by atoms with E-state index in [1.807, 2.05) is 32.9 Å². The Balaban J connectivity index is 2.67. The van der Waals surface area contributed by atoms with Crippen molar-refractivity contribution < 1.29 is 8.42 Å². The molecule has 1 aromatic carbocycles.